The Bertz CT molecular complexity index is 1100. The van der Waals surface area contributed by atoms with E-state index in [0.29, 0.717) is 21.1 Å². The number of thioether (sulfide) groups is 1. The van der Waals surface area contributed by atoms with E-state index in [4.69, 9.17) is 5.73 Å². The summed E-state index contributed by atoms with van der Waals surface area (Å²) in [6, 6.07) is 8.61. The van der Waals surface area contributed by atoms with Crippen LogP contribution in [0.1, 0.15) is 37.2 Å². The normalized spacial score (nSPS) is 12.3. The first-order valence-electron chi connectivity index (χ1n) is 8.65. The van der Waals surface area contributed by atoms with Gasteiger partial charge < -0.3 is 11.1 Å². The van der Waals surface area contributed by atoms with Crippen molar-refractivity contribution < 1.29 is 9.59 Å². The highest BCUT2D eigenvalue weighted by molar-refractivity contribution is 8.00. The van der Waals surface area contributed by atoms with E-state index in [1.165, 1.54) is 23.1 Å². The summed E-state index contributed by atoms with van der Waals surface area (Å²) in [6.45, 7) is 5.53. The van der Waals surface area contributed by atoms with Gasteiger partial charge in [-0.2, -0.15) is 0 Å². The number of hydrogen-bond acceptors (Lipinski definition) is 6. The Morgan fingerprint density at radius 2 is 1.93 bits per heavy atom. The molecule has 2 amide bonds. The lowest BCUT2D eigenvalue weighted by atomic mass is 10.2. The summed E-state index contributed by atoms with van der Waals surface area (Å²) in [6.07, 6.45) is 0. The van der Waals surface area contributed by atoms with E-state index >= 15 is 0 Å². The number of nitrogens with zero attached hydrogens (tertiary/aromatic N) is 2. The molecule has 0 saturated heterocycles. The Kier molecular flexibility index (Phi) is 5.85. The van der Waals surface area contributed by atoms with Gasteiger partial charge in [-0.05, 0) is 44.4 Å². The zero-order chi connectivity index (χ0) is 20.4. The van der Waals surface area contributed by atoms with Crippen molar-refractivity contribution in [2.24, 2.45) is 5.73 Å². The molecule has 0 saturated carbocycles. The quantitative estimate of drug-likeness (QED) is 0.474. The molecule has 0 fully saturated rings. The molecule has 0 aliphatic heterocycles. The van der Waals surface area contributed by atoms with Crippen LogP contribution in [0.4, 0.5) is 5.00 Å². The van der Waals surface area contributed by atoms with Crippen LogP contribution in [-0.4, -0.2) is 26.6 Å². The number of carbonyl (C=O) groups is 2. The van der Waals surface area contributed by atoms with Crippen molar-refractivity contribution in [2.75, 3.05) is 5.32 Å². The minimum absolute atomic E-state index is 0.110. The molecule has 146 valence electrons. The third kappa shape index (κ3) is 3.95. The topological polar surface area (TPSA) is 107 Å². The predicted molar refractivity (Wildman–Crippen MR) is 113 cm³/mol. The van der Waals surface area contributed by atoms with Gasteiger partial charge in [-0.1, -0.05) is 23.9 Å². The van der Waals surface area contributed by atoms with Crippen molar-refractivity contribution in [3.63, 3.8) is 0 Å². The van der Waals surface area contributed by atoms with Crippen LogP contribution in [0.3, 0.4) is 0 Å². The van der Waals surface area contributed by atoms with E-state index in [2.05, 4.69) is 10.3 Å². The summed E-state index contributed by atoms with van der Waals surface area (Å²) in [4.78, 5) is 41.5. The van der Waals surface area contributed by atoms with E-state index in [1.807, 2.05) is 19.9 Å². The lowest BCUT2D eigenvalue weighted by Crippen LogP contribution is -2.28. The number of hydrogen-bond donors (Lipinski definition) is 2. The molecule has 7 nitrogen and oxygen atoms in total. The van der Waals surface area contributed by atoms with E-state index in [1.54, 1.807) is 41.1 Å². The minimum atomic E-state index is -0.596. The number of fused-ring (bicyclic) bond motifs is 1. The zero-order valence-electron chi connectivity index (χ0n) is 15.6. The highest BCUT2D eigenvalue weighted by atomic mass is 32.2. The minimum Gasteiger partial charge on any atom is -0.366 e. The number of amides is 2. The van der Waals surface area contributed by atoms with Gasteiger partial charge >= 0.3 is 0 Å². The summed E-state index contributed by atoms with van der Waals surface area (Å²) in [5.41, 5.74) is 6.05. The number of anilines is 1. The molecule has 0 aliphatic rings. The standard InChI is InChI=1S/C19H20N4O3S2/c1-10(2)23-18(26)12-6-4-5-7-14(12)21-19(23)28-11(3)16(25)22-17-13(15(20)24)8-9-27-17/h4-11H,1-3H3,(H2,20,24)(H,22,25)/t11-/m1/s1. The summed E-state index contributed by atoms with van der Waals surface area (Å²) in [5, 5.41) is 5.32. The van der Waals surface area contributed by atoms with Gasteiger partial charge in [-0.15, -0.1) is 11.3 Å². The molecule has 1 aromatic carbocycles. The Morgan fingerprint density at radius 3 is 2.61 bits per heavy atom. The average Bonchev–Trinajstić information content (AvgIpc) is 3.10. The van der Waals surface area contributed by atoms with Crippen LogP contribution >= 0.6 is 23.1 Å². The lowest BCUT2D eigenvalue weighted by molar-refractivity contribution is -0.115. The molecule has 9 heteroatoms. The van der Waals surface area contributed by atoms with E-state index in [0.717, 1.165) is 0 Å². The fourth-order valence-corrected chi connectivity index (χ4v) is 4.53. The van der Waals surface area contributed by atoms with Gasteiger partial charge in [0.25, 0.3) is 11.5 Å². The van der Waals surface area contributed by atoms with Crippen molar-refractivity contribution in [3.8, 4) is 0 Å². The molecule has 3 aromatic rings. The largest absolute Gasteiger partial charge is 0.366 e. The van der Waals surface area contributed by atoms with Gasteiger partial charge in [0.05, 0.1) is 21.7 Å². The fourth-order valence-electron chi connectivity index (χ4n) is 2.69. The molecule has 2 heterocycles. The summed E-state index contributed by atoms with van der Waals surface area (Å²) in [7, 11) is 0. The molecule has 3 rings (SSSR count). The van der Waals surface area contributed by atoms with Crippen molar-refractivity contribution >= 4 is 50.8 Å². The Balaban J connectivity index is 1.90. The molecule has 2 aromatic heterocycles. The highest BCUT2D eigenvalue weighted by Gasteiger charge is 2.22. The highest BCUT2D eigenvalue weighted by Crippen LogP contribution is 2.28. The second-order valence-electron chi connectivity index (χ2n) is 6.46. The summed E-state index contributed by atoms with van der Waals surface area (Å²) in [5.74, 6) is -0.894. The lowest BCUT2D eigenvalue weighted by Gasteiger charge is -2.18. The number of para-hydroxylation sites is 1. The molecule has 0 spiro atoms. The zero-order valence-corrected chi connectivity index (χ0v) is 17.3. The molecule has 28 heavy (non-hydrogen) atoms. The number of primary amides is 1. The first kappa shape index (κ1) is 20.1. The molecular formula is C19H20N4O3S2. The first-order chi connectivity index (χ1) is 13.3. The Labute approximate surface area is 170 Å². The van der Waals surface area contributed by atoms with Gasteiger partial charge in [0, 0.05) is 6.04 Å². The van der Waals surface area contributed by atoms with E-state index in [9.17, 15) is 14.4 Å². The van der Waals surface area contributed by atoms with Crippen molar-refractivity contribution in [1.82, 2.24) is 9.55 Å². The van der Waals surface area contributed by atoms with Gasteiger partial charge in [-0.25, -0.2) is 4.98 Å². The van der Waals surface area contributed by atoms with Crippen LogP contribution in [0.15, 0.2) is 45.7 Å². The number of benzene rings is 1. The summed E-state index contributed by atoms with van der Waals surface area (Å²) < 4.78 is 1.59. The monoisotopic (exact) mass is 416 g/mol. The number of nitrogens with one attached hydrogen (secondary N) is 1. The van der Waals surface area contributed by atoms with Crippen LogP contribution in [-0.2, 0) is 4.79 Å². The van der Waals surface area contributed by atoms with Crippen LogP contribution < -0.4 is 16.6 Å². The SMILES string of the molecule is CC(C)n1c(S[C@H](C)C(=O)Nc2sccc2C(N)=O)nc2ccccc2c1=O. The van der Waals surface area contributed by atoms with E-state index < -0.39 is 11.2 Å². The first-order valence-corrected chi connectivity index (χ1v) is 10.4. The number of rotatable bonds is 6. The summed E-state index contributed by atoms with van der Waals surface area (Å²) >= 11 is 2.43. The fraction of sp³-hybridized carbons (Fsp3) is 0.263. The second-order valence-corrected chi connectivity index (χ2v) is 8.68. The van der Waals surface area contributed by atoms with Gasteiger partial charge in [-0.3, -0.25) is 19.0 Å². The molecule has 1 atom stereocenters. The molecule has 0 aliphatic carbocycles. The molecule has 3 N–H and O–H groups in total. The maximum absolute atomic E-state index is 12.9. The van der Waals surface area contributed by atoms with Crippen LogP contribution in [0.2, 0.25) is 0 Å². The van der Waals surface area contributed by atoms with Crippen molar-refractivity contribution in [2.45, 2.75) is 37.2 Å². The third-order valence-electron chi connectivity index (χ3n) is 4.11. The smallest absolute Gasteiger partial charge is 0.262 e. The molecule has 0 unspecified atom stereocenters. The Hall–Kier alpha value is -2.65. The average molecular weight is 417 g/mol. The molecule has 0 radical (unpaired) electrons. The molecule has 0 bridgehead atoms. The van der Waals surface area contributed by atoms with Gasteiger partial charge in [0.2, 0.25) is 5.91 Å². The van der Waals surface area contributed by atoms with Crippen LogP contribution in [0.25, 0.3) is 10.9 Å². The number of carbonyl (C=O) groups excluding carboxylic acids is 2. The number of nitrogens with two attached hydrogens (primary N) is 1. The maximum Gasteiger partial charge on any atom is 0.262 e. The number of thiophene rings is 1. The van der Waals surface area contributed by atoms with Crippen molar-refractivity contribution in [3.05, 3.63) is 51.6 Å². The van der Waals surface area contributed by atoms with Crippen LogP contribution in [0, 0.1) is 0 Å². The van der Waals surface area contributed by atoms with E-state index in [-0.39, 0.29) is 23.1 Å². The van der Waals surface area contributed by atoms with Crippen molar-refractivity contribution in [1.29, 1.82) is 0 Å². The van der Waals surface area contributed by atoms with Gasteiger partial charge in [0.15, 0.2) is 5.16 Å². The van der Waals surface area contributed by atoms with Crippen LogP contribution in [0.5, 0.6) is 0 Å². The second kappa shape index (κ2) is 8.15. The third-order valence-corrected chi connectivity index (χ3v) is 6.01. The number of aromatic nitrogens is 2. The Morgan fingerprint density at radius 1 is 1.21 bits per heavy atom. The predicted octanol–water partition coefficient (Wildman–Crippen LogP) is 3.26. The molecular weight excluding hydrogens is 396 g/mol. The maximum atomic E-state index is 12.9. The van der Waals surface area contributed by atoms with Gasteiger partial charge in [0.1, 0.15) is 5.00 Å².